The normalized spacial score (nSPS) is 11.6. The largest absolute Gasteiger partial charge is 0.309 e. The van der Waals surface area contributed by atoms with Crippen LogP contribution >= 0.6 is 0 Å². The molecule has 0 N–H and O–H groups in total. The molecule has 44 heavy (non-hydrogen) atoms. The van der Waals surface area contributed by atoms with Crippen LogP contribution in [-0.4, -0.2) is 19.1 Å². The van der Waals surface area contributed by atoms with E-state index in [4.69, 9.17) is 4.98 Å². The maximum atomic E-state index is 4.82. The van der Waals surface area contributed by atoms with Gasteiger partial charge < -0.3 is 4.57 Å². The molecule has 0 saturated carbocycles. The summed E-state index contributed by atoms with van der Waals surface area (Å²) in [4.78, 5) is 9.40. The molecule has 0 amide bonds. The smallest absolute Gasteiger partial charge is 0.137 e. The molecular weight excluding hydrogens is 536 g/mol. The minimum Gasteiger partial charge on any atom is -0.309 e. The van der Waals surface area contributed by atoms with Gasteiger partial charge in [-0.25, -0.2) is 4.98 Å². The molecule has 9 rings (SSSR count). The molecule has 0 aliphatic rings. The average molecular weight is 563 g/mol. The Kier molecular flexibility index (Phi) is 5.47. The van der Waals surface area contributed by atoms with Gasteiger partial charge >= 0.3 is 0 Å². The molecule has 0 unspecified atom stereocenters. The lowest BCUT2D eigenvalue weighted by Gasteiger charge is -2.09. The summed E-state index contributed by atoms with van der Waals surface area (Å²) in [5, 5.41) is 4.94. The molecule has 0 fully saturated rings. The summed E-state index contributed by atoms with van der Waals surface area (Å²) in [6.07, 6.45) is 3.71. The van der Waals surface area contributed by atoms with E-state index in [0.29, 0.717) is 0 Å². The summed E-state index contributed by atoms with van der Waals surface area (Å²) < 4.78 is 4.69. The number of fused-ring (bicyclic) bond motifs is 7. The number of aromatic nitrogens is 4. The van der Waals surface area contributed by atoms with Crippen molar-refractivity contribution in [3.05, 3.63) is 158 Å². The van der Waals surface area contributed by atoms with Crippen LogP contribution in [0.5, 0.6) is 0 Å². The number of hydrogen-bond donors (Lipinski definition) is 0. The van der Waals surface area contributed by atoms with Crippen molar-refractivity contribution in [2.45, 2.75) is 0 Å². The average Bonchev–Trinajstić information content (AvgIpc) is 3.62. The van der Waals surface area contributed by atoms with E-state index in [1.807, 2.05) is 30.6 Å². The fourth-order valence-electron chi connectivity index (χ4n) is 6.73. The summed E-state index contributed by atoms with van der Waals surface area (Å²) in [6, 6.07) is 51.5. The second-order valence-electron chi connectivity index (χ2n) is 11.1. The zero-order valence-electron chi connectivity index (χ0n) is 23.8. The molecule has 4 aromatic heterocycles. The summed E-state index contributed by atoms with van der Waals surface area (Å²) in [5.41, 5.74) is 10.2. The Hall–Kier alpha value is -6.00. The van der Waals surface area contributed by atoms with Crippen LogP contribution < -0.4 is 0 Å². The summed E-state index contributed by atoms with van der Waals surface area (Å²) in [5.74, 6) is 0.901. The van der Waals surface area contributed by atoms with Gasteiger partial charge in [0.1, 0.15) is 5.82 Å². The molecule has 5 aromatic carbocycles. The molecule has 9 aromatic rings. The van der Waals surface area contributed by atoms with E-state index in [9.17, 15) is 0 Å². The molecule has 0 aliphatic carbocycles. The van der Waals surface area contributed by atoms with Crippen molar-refractivity contribution in [1.29, 1.82) is 0 Å². The lowest BCUT2D eigenvalue weighted by atomic mass is 9.99. The Morgan fingerprint density at radius 3 is 1.86 bits per heavy atom. The number of para-hydroxylation sites is 2. The van der Waals surface area contributed by atoms with Crippen molar-refractivity contribution in [3.8, 4) is 33.9 Å². The molecule has 4 heteroatoms. The highest BCUT2D eigenvalue weighted by atomic mass is 15.1. The minimum atomic E-state index is 0.901. The first-order valence-electron chi connectivity index (χ1n) is 14.8. The van der Waals surface area contributed by atoms with Crippen molar-refractivity contribution in [1.82, 2.24) is 19.1 Å². The Balaban J connectivity index is 1.37. The van der Waals surface area contributed by atoms with Crippen molar-refractivity contribution in [2.24, 2.45) is 0 Å². The summed E-state index contributed by atoms with van der Waals surface area (Å²) in [6.45, 7) is 0. The van der Waals surface area contributed by atoms with Crippen LogP contribution in [0, 0.1) is 0 Å². The lowest BCUT2D eigenvalue weighted by molar-refractivity contribution is 1.08. The maximum Gasteiger partial charge on any atom is 0.137 e. The number of benzene rings is 5. The lowest BCUT2D eigenvalue weighted by Crippen LogP contribution is -1.97. The van der Waals surface area contributed by atoms with E-state index in [0.717, 1.165) is 44.9 Å². The van der Waals surface area contributed by atoms with Crippen LogP contribution in [-0.2, 0) is 0 Å². The fraction of sp³-hybridized carbons (Fsp3) is 0. The van der Waals surface area contributed by atoms with Gasteiger partial charge in [0.05, 0.1) is 27.8 Å². The molecule has 4 heterocycles. The van der Waals surface area contributed by atoms with E-state index >= 15 is 0 Å². The maximum absolute atomic E-state index is 4.82. The number of rotatable bonds is 4. The Morgan fingerprint density at radius 1 is 0.386 bits per heavy atom. The van der Waals surface area contributed by atoms with E-state index in [1.54, 1.807) is 0 Å². The van der Waals surface area contributed by atoms with E-state index in [2.05, 4.69) is 142 Å². The zero-order chi connectivity index (χ0) is 29.0. The number of hydrogen-bond acceptors (Lipinski definition) is 2. The van der Waals surface area contributed by atoms with E-state index in [1.165, 1.54) is 32.6 Å². The predicted octanol–water partition coefficient (Wildman–Crippen LogP) is 10.0. The number of nitrogens with zero attached hydrogens (tertiary/aromatic N) is 4. The van der Waals surface area contributed by atoms with Crippen LogP contribution in [0.25, 0.3) is 77.5 Å². The van der Waals surface area contributed by atoms with Crippen LogP contribution in [0.15, 0.2) is 158 Å². The molecule has 0 bridgehead atoms. The van der Waals surface area contributed by atoms with Gasteiger partial charge in [-0.2, -0.15) is 0 Å². The highest BCUT2D eigenvalue weighted by Gasteiger charge is 2.21. The van der Waals surface area contributed by atoms with Crippen molar-refractivity contribution >= 4 is 43.6 Å². The Morgan fingerprint density at radius 2 is 1.07 bits per heavy atom. The van der Waals surface area contributed by atoms with Gasteiger partial charge in [0.25, 0.3) is 0 Å². The standard InChI is InChI=1S/C40H26N4/c1-2-13-30(14-3-1)43-34-17-5-4-15-31(34)39-35(43)21-22-36-40(39)32-20-19-28(26-37(32)44(36)38-18-7-9-24-42-38)27-11-10-12-29(25-27)33-16-6-8-23-41-33/h1-26H. The molecular formula is C40H26N4. The second-order valence-corrected chi connectivity index (χ2v) is 11.1. The number of pyridine rings is 2. The molecule has 4 nitrogen and oxygen atoms in total. The van der Waals surface area contributed by atoms with Crippen molar-refractivity contribution in [3.63, 3.8) is 0 Å². The third-order valence-electron chi connectivity index (χ3n) is 8.61. The highest BCUT2D eigenvalue weighted by molar-refractivity contribution is 6.29. The predicted molar refractivity (Wildman–Crippen MR) is 182 cm³/mol. The van der Waals surface area contributed by atoms with Gasteiger partial charge in [0, 0.05) is 45.2 Å². The summed E-state index contributed by atoms with van der Waals surface area (Å²) >= 11 is 0. The fourth-order valence-corrected chi connectivity index (χ4v) is 6.73. The molecule has 0 spiro atoms. The van der Waals surface area contributed by atoms with Gasteiger partial charge in [-0.1, -0.05) is 78.9 Å². The summed E-state index contributed by atoms with van der Waals surface area (Å²) in [7, 11) is 0. The van der Waals surface area contributed by atoms with Crippen LogP contribution in [0.2, 0.25) is 0 Å². The third-order valence-corrected chi connectivity index (χ3v) is 8.61. The van der Waals surface area contributed by atoms with E-state index in [-0.39, 0.29) is 0 Å². The van der Waals surface area contributed by atoms with Crippen LogP contribution in [0.4, 0.5) is 0 Å². The first kappa shape index (κ1) is 24.6. The minimum absolute atomic E-state index is 0.901. The van der Waals surface area contributed by atoms with E-state index < -0.39 is 0 Å². The van der Waals surface area contributed by atoms with Crippen LogP contribution in [0.1, 0.15) is 0 Å². The highest BCUT2D eigenvalue weighted by Crippen LogP contribution is 2.43. The van der Waals surface area contributed by atoms with Crippen LogP contribution in [0.3, 0.4) is 0 Å². The molecule has 0 atom stereocenters. The Labute approximate surface area is 254 Å². The van der Waals surface area contributed by atoms with Gasteiger partial charge in [-0.15, -0.1) is 0 Å². The zero-order valence-corrected chi connectivity index (χ0v) is 23.8. The Bertz CT molecular complexity index is 2470. The SMILES string of the molecule is c1ccc(-n2c3ccccc3c3c4c5ccc(-c6cccc(-c7ccccn7)c6)cc5n(-c5ccccn5)c4ccc32)cc1. The first-order valence-corrected chi connectivity index (χ1v) is 14.8. The molecule has 0 saturated heterocycles. The third kappa shape index (κ3) is 3.71. The van der Waals surface area contributed by atoms with Gasteiger partial charge in [0.2, 0.25) is 0 Å². The van der Waals surface area contributed by atoms with Gasteiger partial charge in [0.15, 0.2) is 0 Å². The van der Waals surface area contributed by atoms with Crippen molar-refractivity contribution < 1.29 is 0 Å². The molecule has 206 valence electrons. The first-order chi connectivity index (χ1) is 21.8. The molecule has 0 radical (unpaired) electrons. The van der Waals surface area contributed by atoms with Crippen molar-refractivity contribution in [2.75, 3.05) is 0 Å². The topological polar surface area (TPSA) is 35.6 Å². The van der Waals surface area contributed by atoms with Gasteiger partial charge in [-0.05, 0) is 77.9 Å². The van der Waals surface area contributed by atoms with Gasteiger partial charge in [-0.3, -0.25) is 9.55 Å². The second kappa shape index (κ2) is 9.79. The quantitative estimate of drug-likeness (QED) is 0.214. The monoisotopic (exact) mass is 562 g/mol. The molecule has 0 aliphatic heterocycles.